The number of aromatic nitrogens is 1. The van der Waals surface area contributed by atoms with Crippen LogP contribution in [0.5, 0.6) is 0 Å². The van der Waals surface area contributed by atoms with Crippen LogP contribution in [0.4, 0.5) is 5.69 Å². The van der Waals surface area contributed by atoms with Crippen molar-refractivity contribution in [2.45, 2.75) is 20.3 Å². The molecule has 2 heterocycles. The topological polar surface area (TPSA) is 69.1 Å². The standard InChI is InChI=1S/C24H20Cl2N2O2/c1-24(2,13-29)12-20-21(27)18-11-17(14-7-9-15(25)10-8-14)22(28-23(18)30-20)16-5-3-4-6-19(16)26/h3-11,13H,12,27H2,1-2H3. The Morgan fingerprint density at radius 1 is 1.07 bits per heavy atom. The van der Waals surface area contributed by atoms with E-state index in [9.17, 15) is 4.79 Å². The van der Waals surface area contributed by atoms with Crippen molar-refractivity contribution in [2.24, 2.45) is 5.41 Å². The zero-order valence-electron chi connectivity index (χ0n) is 16.6. The van der Waals surface area contributed by atoms with Gasteiger partial charge >= 0.3 is 0 Å². The minimum absolute atomic E-state index is 0.385. The number of nitrogens with zero attached hydrogens (tertiary/aromatic N) is 1. The zero-order chi connectivity index (χ0) is 21.5. The Morgan fingerprint density at radius 2 is 1.77 bits per heavy atom. The van der Waals surface area contributed by atoms with Crippen molar-refractivity contribution in [3.8, 4) is 22.4 Å². The van der Waals surface area contributed by atoms with E-state index in [1.807, 2.05) is 68.4 Å². The van der Waals surface area contributed by atoms with E-state index in [0.29, 0.717) is 44.7 Å². The van der Waals surface area contributed by atoms with E-state index in [4.69, 9.17) is 38.3 Å². The largest absolute Gasteiger partial charge is 0.440 e. The third-order valence-corrected chi connectivity index (χ3v) is 5.60. The number of fused-ring (bicyclic) bond motifs is 1. The highest BCUT2D eigenvalue weighted by Crippen LogP contribution is 2.40. The highest BCUT2D eigenvalue weighted by atomic mass is 35.5. The molecule has 0 unspecified atom stereocenters. The van der Waals surface area contributed by atoms with Gasteiger partial charge in [0.25, 0.3) is 0 Å². The number of anilines is 1. The van der Waals surface area contributed by atoms with Gasteiger partial charge in [-0.3, -0.25) is 0 Å². The van der Waals surface area contributed by atoms with E-state index in [-0.39, 0.29) is 0 Å². The van der Waals surface area contributed by atoms with Gasteiger partial charge in [0.1, 0.15) is 12.0 Å². The second kappa shape index (κ2) is 7.78. The number of hydrogen-bond donors (Lipinski definition) is 1. The van der Waals surface area contributed by atoms with Gasteiger partial charge in [-0.05, 0) is 29.8 Å². The smallest absolute Gasteiger partial charge is 0.229 e. The fourth-order valence-electron chi connectivity index (χ4n) is 3.38. The van der Waals surface area contributed by atoms with E-state index in [1.54, 1.807) is 0 Å². The first-order valence-electron chi connectivity index (χ1n) is 9.48. The number of furan rings is 1. The van der Waals surface area contributed by atoms with Gasteiger partial charge in [0.2, 0.25) is 5.71 Å². The monoisotopic (exact) mass is 438 g/mol. The Bertz CT molecular complexity index is 1240. The highest BCUT2D eigenvalue weighted by molar-refractivity contribution is 6.33. The van der Waals surface area contributed by atoms with Crippen molar-refractivity contribution in [1.29, 1.82) is 0 Å². The Balaban J connectivity index is 1.98. The summed E-state index contributed by atoms with van der Waals surface area (Å²) in [6.45, 7) is 3.68. The van der Waals surface area contributed by atoms with Crippen LogP contribution in [0, 0.1) is 5.41 Å². The number of nitrogens with two attached hydrogens (primary N) is 1. The predicted molar refractivity (Wildman–Crippen MR) is 123 cm³/mol. The van der Waals surface area contributed by atoms with Gasteiger partial charge in [0, 0.05) is 33.0 Å². The van der Waals surface area contributed by atoms with Crippen LogP contribution in [-0.4, -0.2) is 11.3 Å². The summed E-state index contributed by atoms with van der Waals surface area (Å²) >= 11 is 12.6. The zero-order valence-corrected chi connectivity index (χ0v) is 18.1. The number of benzene rings is 2. The average Bonchev–Trinajstić information content (AvgIpc) is 3.02. The second-order valence-electron chi connectivity index (χ2n) is 7.95. The van der Waals surface area contributed by atoms with Gasteiger partial charge in [-0.1, -0.05) is 67.4 Å². The number of hydrogen-bond acceptors (Lipinski definition) is 4. The predicted octanol–water partition coefficient (Wildman–Crippen LogP) is 6.82. The van der Waals surface area contributed by atoms with E-state index in [1.165, 1.54) is 0 Å². The fraction of sp³-hybridized carbons (Fsp3) is 0.167. The quantitative estimate of drug-likeness (QED) is 0.347. The van der Waals surface area contributed by atoms with Gasteiger partial charge in [-0.25, -0.2) is 4.98 Å². The molecule has 0 aliphatic rings. The molecular weight excluding hydrogens is 419 g/mol. The van der Waals surface area contributed by atoms with Gasteiger partial charge in [-0.2, -0.15) is 0 Å². The van der Waals surface area contributed by atoms with E-state index in [0.717, 1.165) is 23.0 Å². The first-order chi connectivity index (χ1) is 14.3. The molecule has 0 radical (unpaired) electrons. The fourth-order valence-corrected chi connectivity index (χ4v) is 3.74. The van der Waals surface area contributed by atoms with Gasteiger partial charge in [0.05, 0.1) is 16.8 Å². The number of pyridine rings is 1. The molecule has 0 atom stereocenters. The minimum Gasteiger partial charge on any atom is -0.440 e. The third-order valence-electron chi connectivity index (χ3n) is 5.02. The lowest BCUT2D eigenvalue weighted by Gasteiger charge is -2.14. The molecular formula is C24H20Cl2N2O2. The number of rotatable bonds is 5. The molecule has 0 amide bonds. The molecule has 4 aromatic rings. The molecule has 6 heteroatoms. The molecule has 0 fully saturated rings. The van der Waals surface area contributed by atoms with Crippen LogP contribution >= 0.6 is 23.2 Å². The summed E-state index contributed by atoms with van der Waals surface area (Å²) in [5.41, 5.74) is 9.98. The van der Waals surface area contributed by atoms with Gasteiger partial charge in [0.15, 0.2) is 0 Å². The lowest BCUT2D eigenvalue weighted by molar-refractivity contribution is -0.114. The van der Waals surface area contributed by atoms with Crippen molar-refractivity contribution in [3.63, 3.8) is 0 Å². The van der Waals surface area contributed by atoms with Crippen LogP contribution in [0.2, 0.25) is 10.0 Å². The SMILES string of the molecule is CC(C)(C=O)Cc1oc2nc(-c3ccccc3Cl)c(-c3ccc(Cl)cc3)cc2c1N. The normalized spacial score (nSPS) is 11.7. The van der Waals surface area contributed by atoms with E-state index >= 15 is 0 Å². The average molecular weight is 439 g/mol. The van der Waals surface area contributed by atoms with Crippen molar-refractivity contribution in [3.05, 3.63) is 70.4 Å². The molecule has 30 heavy (non-hydrogen) atoms. The lowest BCUT2D eigenvalue weighted by Crippen LogP contribution is -2.16. The molecule has 2 aromatic heterocycles. The first-order valence-corrected chi connectivity index (χ1v) is 10.2. The van der Waals surface area contributed by atoms with Crippen molar-refractivity contribution in [2.75, 3.05) is 5.73 Å². The molecule has 2 aromatic carbocycles. The summed E-state index contributed by atoms with van der Waals surface area (Å²) in [6.07, 6.45) is 1.29. The maximum atomic E-state index is 11.4. The molecule has 152 valence electrons. The number of carbonyl (C=O) groups is 1. The molecule has 0 bridgehead atoms. The van der Waals surface area contributed by atoms with Crippen LogP contribution in [0.1, 0.15) is 19.6 Å². The summed E-state index contributed by atoms with van der Waals surface area (Å²) < 4.78 is 5.99. The van der Waals surface area contributed by atoms with Gasteiger partial charge in [-0.15, -0.1) is 0 Å². The van der Waals surface area contributed by atoms with Crippen LogP contribution in [0.3, 0.4) is 0 Å². The second-order valence-corrected chi connectivity index (χ2v) is 8.79. The molecule has 4 rings (SSSR count). The summed E-state index contributed by atoms with van der Waals surface area (Å²) in [7, 11) is 0. The van der Waals surface area contributed by atoms with Crippen molar-refractivity contribution >= 4 is 46.3 Å². The minimum atomic E-state index is -0.591. The molecule has 0 spiro atoms. The molecule has 0 saturated heterocycles. The maximum absolute atomic E-state index is 11.4. The molecule has 0 aliphatic carbocycles. The Kier molecular flexibility index (Phi) is 5.31. The summed E-state index contributed by atoms with van der Waals surface area (Å²) in [4.78, 5) is 16.2. The van der Waals surface area contributed by atoms with E-state index < -0.39 is 5.41 Å². The number of halogens is 2. The molecule has 2 N–H and O–H groups in total. The number of carbonyl (C=O) groups excluding carboxylic acids is 1. The Hall–Kier alpha value is -2.82. The van der Waals surface area contributed by atoms with E-state index in [2.05, 4.69) is 0 Å². The Labute approximate surface area is 184 Å². The molecule has 4 nitrogen and oxygen atoms in total. The third kappa shape index (κ3) is 3.81. The lowest BCUT2D eigenvalue weighted by atomic mass is 9.89. The maximum Gasteiger partial charge on any atom is 0.229 e. The van der Waals surface area contributed by atoms with Crippen molar-refractivity contribution < 1.29 is 9.21 Å². The summed E-state index contributed by atoms with van der Waals surface area (Å²) in [5, 5.41) is 1.93. The highest BCUT2D eigenvalue weighted by Gasteiger charge is 2.24. The summed E-state index contributed by atoms with van der Waals surface area (Å²) in [5.74, 6) is 0.549. The first kappa shape index (κ1) is 20.5. The molecule has 0 saturated carbocycles. The summed E-state index contributed by atoms with van der Waals surface area (Å²) in [6, 6.07) is 17.0. The number of nitrogen functional groups attached to an aromatic ring is 1. The van der Waals surface area contributed by atoms with Crippen molar-refractivity contribution in [1.82, 2.24) is 4.98 Å². The Morgan fingerprint density at radius 3 is 2.43 bits per heavy atom. The molecule has 0 aliphatic heterocycles. The number of aldehydes is 1. The van der Waals surface area contributed by atoms with Crippen LogP contribution in [0.15, 0.2) is 59.0 Å². The van der Waals surface area contributed by atoms with Gasteiger partial charge < -0.3 is 14.9 Å². The van der Waals surface area contributed by atoms with Crippen LogP contribution in [-0.2, 0) is 11.2 Å². The van der Waals surface area contributed by atoms with Crippen LogP contribution in [0.25, 0.3) is 33.5 Å². The van der Waals surface area contributed by atoms with Crippen LogP contribution < -0.4 is 5.73 Å².